The summed E-state index contributed by atoms with van der Waals surface area (Å²) in [6, 6.07) is 14.7. The van der Waals surface area contributed by atoms with Crippen LogP contribution in [0.5, 0.6) is 0 Å². The first kappa shape index (κ1) is 15.9. The Hall–Kier alpha value is -1.49. The summed E-state index contributed by atoms with van der Waals surface area (Å²) in [4.78, 5) is 12.0. The molecule has 1 atom stereocenters. The van der Waals surface area contributed by atoms with E-state index in [0.717, 1.165) is 16.1 Å². The molecule has 110 valence electrons. The largest absolute Gasteiger partial charge is 0.388 e. The van der Waals surface area contributed by atoms with Gasteiger partial charge >= 0.3 is 0 Å². The predicted octanol–water partition coefficient (Wildman–Crippen LogP) is 4.12. The summed E-state index contributed by atoms with van der Waals surface area (Å²) >= 11 is 7.38. The molecule has 0 spiro atoms. The van der Waals surface area contributed by atoms with Gasteiger partial charge in [-0.05, 0) is 42.0 Å². The molecule has 3 nitrogen and oxygen atoms in total. The van der Waals surface area contributed by atoms with E-state index in [4.69, 9.17) is 11.6 Å². The van der Waals surface area contributed by atoms with Crippen LogP contribution in [0.25, 0.3) is 0 Å². The van der Waals surface area contributed by atoms with Crippen LogP contribution in [0.3, 0.4) is 0 Å². The van der Waals surface area contributed by atoms with Gasteiger partial charge in [0.2, 0.25) is 5.91 Å². The van der Waals surface area contributed by atoms with Crippen molar-refractivity contribution in [3.8, 4) is 0 Å². The lowest BCUT2D eigenvalue weighted by molar-refractivity contribution is -0.114. The van der Waals surface area contributed by atoms with Gasteiger partial charge in [-0.3, -0.25) is 4.79 Å². The Morgan fingerprint density at radius 3 is 2.38 bits per heavy atom. The van der Waals surface area contributed by atoms with E-state index in [-0.39, 0.29) is 5.91 Å². The number of halogens is 1. The number of carbonyl (C=O) groups is 1. The summed E-state index contributed by atoms with van der Waals surface area (Å²) < 4.78 is 0. The number of amides is 1. The number of aliphatic hydroxyl groups excluding tert-OH is 1. The van der Waals surface area contributed by atoms with Crippen molar-refractivity contribution in [1.29, 1.82) is 0 Å². The third kappa shape index (κ3) is 5.08. The van der Waals surface area contributed by atoms with Crippen molar-refractivity contribution in [2.24, 2.45) is 0 Å². The van der Waals surface area contributed by atoms with Crippen molar-refractivity contribution >= 4 is 35.0 Å². The Balaban J connectivity index is 1.90. The maximum atomic E-state index is 10.9. The van der Waals surface area contributed by atoms with Crippen molar-refractivity contribution in [3.05, 3.63) is 59.1 Å². The van der Waals surface area contributed by atoms with Crippen molar-refractivity contribution in [3.63, 3.8) is 0 Å². The van der Waals surface area contributed by atoms with Crippen LogP contribution < -0.4 is 5.32 Å². The molecule has 0 saturated carbocycles. The highest BCUT2D eigenvalue weighted by molar-refractivity contribution is 7.99. The lowest BCUT2D eigenvalue weighted by Crippen LogP contribution is -2.05. The molecule has 2 N–H and O–H groups in total. The predicted molar refractivity (Wildman–Crippen MR) is 87.9 cm³/mol. The van der Waals surface area contributed by atoms with Gasteiger partial charge in [-0.15, -0.1) is 11.8 Å². The van der Waals surface area contributed by atoms with Crippen LogP contribution in [-0.4, -0.2) is 16.8 Å². The van der Waals surface area contributed by atoms with Crippen LogP contribution in [-0.2, 0) is 4.79 Å². The van der Waals surface area contributed by atoms with Gasteiger partial charge in [0.15, 0.2) is 0 Å². The Kier molecular flexibility index (Phi) is 5.67. The third-order valence-electron chi connectivity index (χ3n) is 2.84. The van der Waals surface area contributed by atoms with Gasteiger partial charge in [-0.1, -0.05) is 23.7 Å². The number of benzene rings is 2. The molecule has 5 heteroatoms. The fraction of sp³-hybridized carbons (Fsp3) is 0.188. The Morgan fingerprint density at radius 2 is 1.81 bits per heavy atom. The normalized spacial score (nSPS) is 12.0. The minimum atomic E-state index is -0.540. The maximum Gasteiger partial charge on any atom is 0.221 e. The summed E-state index contributed by atoms with van der Waals surface area (Å²) in [5, 5.41) is 13.5. The smallest absolute Gasteiger partial charge is 0.221 e. The van der Waals surface area contributed by atoms with Gasteiger partial charge in [0.1, 0.15) is 0 Å². The quantitative estimate of drug-likeness (QED) is 0.814. The summed E-state index contributed by atoms with van der Waals surface area (Å²) in [6.45, 7) is 1.48. The van der Waals surface area contributed by atoms with Crippen molar-refractivity contribution < 1.29 is 9.90 Å². The fourth-order valence-electron chi connectivity index (χ4n) is 1.79. The van der Waals surface area contributed by atoms with Gasteiger partial charge in [0.05, 0.1) is 6.10 Å². The van der Waals surface area contributed by atoms with Crippen LogP contribution in [0.15, 0.2) is 53.4 Å². The van der Waals surface area contributed by atoms with E-state index < -0.39 is 6.10 Å². The molecule has 0 heterocycles. The van der Waals surface area contributed by atoms with Crippen LogP contribution in [0.1, 0.15) is 18.6 Å². The summed E-state index contributed by atoms with van der Waals surface area (Å²) in [5.41, 5.74) is 1.62. The standard InChI is InChI=1S/C16H16ClNO2S/c1-11(19)18-14-6-8-15(9-7-14)21-10-16(20)12-2-4-13(17)5-3-12/h2-9,16,20H,10H2,1H3,(H,18,19). The van der Waals surface area contributed by atoms with Crippen LogP contribution in [0, 0.1) is 0 Å². The van der Waals surface area contributed by atoms with Crippen LogP contribution >= 0.6 is 23.4 Å². The zero-order chi connectivity index (χ0) is 15.2. The molecule has 0 aliphatic heterocycles. The zero-order valence-corrected chi connectivity index (χ0v) is 13.1. The molecule has 1 amide bonds. The molecule has 2 rings (SSSR count). The van der Waals surface area contributed by atoms with Gasteiger partial charge in [-0.25, -0.2) is 0 Å². The molecule has 21 heavy (non-hydrogen) atoms. The molecule has 2 aromatic carbocycles. The first-order chi connectivity index (χ1) is 10.0. The molecule has 0 saturated heterocycles. The Labute approximate surface area is 133 Å². The molecule has 0 aliphatic rings. The minimum absolute atomic E-state index is 0.0893. The van der Waals surface area contributed by atoms with Crippen molar-refractivity contribution in [1.82, 2.24) is 0 Å². The highest BCUT2D eigenvalue weighted by Crippen LogP contribution is 2.26. The van der Waals surface area contributed by atoms with Crippen molar-refractivity contribution in [2.45, 2.75) is 17.9 Å². The SMILES string of the molecule is CC(=O)Nc1ccc(SCC(O)c2ccc(Cl)cc2)cc1. The average molecular weight is 322 g/mol. The first-order valence-electron chi connectivity index (χ1n) is 6.48. The second-order valence-corrected chi connectivity index (χ2v) is 6.11. The summed E-state index contributed by atoms with van der Waals surface area (Å²) in [5.74, 6) is 0.467. The Morgan fingerprint density at radius 1 is 1.19 bits per heavy atom. The Bertz CT molecular complexity index is 599. The van der Waals surface area contributed by atoms with E-state index in [1.807, 2.05) is 36.4 Å². The highest BCUT2D eigenvalue weighted by atomic mass is 35.5. The van der Waals surface area contributed by atoms with E-state index in [1.54, 1.807) is 23.9 Å². The fourth-order valence-corrected chi connectivity index (χ4v) is 2.79. The minimum Gasteiger partial charge on any atom is -0.388 e. The number of thioether (sulfide) groups is 1. The van der Waals surface area contributed by atoms with Crippen LogP contribution in [0.2, 0.25) is 5.02 Å². The topological polar surface area (TPSA) is 49.3 Å². The van der Waals surface area contributed by atoms with E-state index in [9.17, 15) is 9.90 Å². The lowest BCUT2D eigenvalue weighted by Gasteiger charge is -2.11. The second-order valence-electron chi connectivity index (χ2n) is 4.58. The van der Waals surface area contributed by atoms with E-state index in [1.165, 1.54) is 6.92 Å². The van der Waals surface area contributed by atoms with Gasteiger partial charge in [0.25, 0.3) is 0 Å². The number of rotatable bonds is 5. The summed E-state index contributed by atoms with van der Waals surface area (Å²) in [6.07, 6.45) is -0.540. The highest BCUT2D eigenvalue weighted by Gasteiger charge is 2.08. The van der Waals surface area contributed by atoms with Crippen LogP contribution in [0.4, 0.5) is 5.69 Å². The molecule has 1 unspecified atom stereocenters. The van der Waals surface area contributed by atoms with E-state index in [2.05, 4.69) is 5.32 Å². The maximum absolute atomic E-state index is 10.9. The lowest BCUT2D eigenvalue weighted by atomic mass is 10.1. The van der Waals surface area contributed by atoms with Gasteiger partial charge in [-0.2, -0.15) is 0 Å². The number of anilines is 1. The molecule has 0 bridgehead atoms. The molecule has 2 aromatic rings. The monoisotopic (exact) mass is 321 g/mol. The number of carbonyl (C=O) groups excluding carboxylic acids is 1. The molecule has 0 aromatic heterocycles. The number of hydrogen-bond acceptors (Lipinski definition) is 3. The van der Waals surface area contributed by atoms with Gasteiger partial charge < -0.3 is 10.4 Å². The summed E-state index contributed by atoms with van der Waals surface area (Å²) in [7, 11) is 0. The van der Waals surface area contributed by atoms with E-state index >= 15 is 0 Å². The third-order valence-corrected chi connectivity index (χ3v) is 4.18. The van der Waals surface area contributed by atoms with Crippen molar-refractivity contribution in [2.75, 3.05) is 11.1 Å². The molecular weight excluding hydrogens is 306 g/mol. The number of aliphatic hydroxyl groups is 1. The van der Waals surface area contributed by atoms with E-state index in [0.29, 0.717) is 10.8 Å². The van der Waals surface area contributed by atoms with Gasteiger partial charge in [0, 0.05) is 28.3 Å². The number of nitrogens with one attached hydrogen (secondary N) is 1. The molecule has 0 aliphatic carbocycles. The average Bonchev–Trinajstić information content (AvgIpc) is 2.46. The second kappa shape index (κ2) is 7.50. The molecule has 0 fully saturated rings. The number of hydrogen-bond donors (Lipinski definition) is 2. The zero-order valence-electron chi connectivity index (χ0n) is 11.5. The molecular formula is C16H16ClNO2S. The first-order valence-corrected chi connectivity index (χ1v) is 7.85. The molecule has 0 radical (unpaired) electrons.